The predicted octanol–water partition coefficient (Wildman–Crippen LogP) is 4.65. The second kappa shape index (κ2) is 7.78. The van der Waals surface area contributed by atoms with Crippen molar-refractivity contribution in [1.82, 2.24) is 9.97 Å². The number of nitrogens with one attached hydrogen (secondary N) is 2. The Balaban J connectivity index is 1.69. The van der Waals surface area contributed by atoms with Crippen LogP contribution in [0.25, 0.3) is 0 Å². The zero-order valence-corrected chi connectivity index (χ0v) is 15.2. The van der Waals surface area contributed by atoms with Gasteiger partial charge in [0.1, 0.15) is 0 Å². The van der Waals surface area contributed by atoms with E-state index < -0.39 is 0 Å². The molecule has 26 heavy (non-hydrogen) atoms. The van der Waals surface area contributed by atoms with E-state index in [0.717, 1.165) is 28.9 Å². The maximum Gasteiger partial charge on any atom is 0.258 e. The molecule has 5 heteroatoms. The van der Waals surface area contributed by atoms with Gasteiger partial charge >= 0.3 is 0 Å². The highest BCUT2D eigenvalue weighted by Gasteiger charge is 2.11. The maximum absolute atomic E-state index is 12.4. The molecule has 0 aliphatic rings. The molecule has 0 fully saturated rings. The number of nitrogens with zero attached hydrogens (tertiary/aromatic N) is 2. The van der Waals surface area contributed by atoms with E-state index in [1.807, 2.05) is 44.2 Å². The summed E-state index contributed by atoms with van der Waals surface area (Å²) < 4.78 is 0. The second-order valence-electron chi connectivity index (χ2n) is 6.19. The number of para-hydroxylation sites is 1. The van der Waals surface area contributed by atoms with Crippen LogP contribution in [0.1, 0.15) is 34.0 Å². The number of aromatic nitrogens is 2. The number of carbonyl (C=O) groups is 1. The van der Waals surface area contributed by atoms with Crippen LogP contribution in [0.3, 0.4) is 0 Å². The number of hydrogen-bond donors (Lipinski definition) is 2. The van der Waals surface area contributed by atoms with Crippen molar-refractivity contribution in [3.63, 3.8) is 0 Å². The van der Waals surface area contributed by atoms with Crippen LogP contribution >= 0.6 is 0 Å². The van der Waals surface area contributed by atoms with E-state index >= 15 is 0 Å². The van der Waals surface area contributed by atoms with E-state index in [-0.39, 0.29) is 5.91 Å². The van der Waals surface area contributed by atoms with E-state index in [1.54, 1.807) is 0 Å². The minimum atomic E-state index is -0.221. The highest BCUT2D eigenvalue weighted by molar-refractivity contribution is 6.04. The Bertz CT molecular complexity index is 882. The fraction of sp³-hybridized carbons (Fsp3) is 0.190. The van der Waals surface area contributed by atoms with Gasteiger partial charge in [0.25, 0.3) is 5.91 Å². The molecule has 0 aliphatic carbocycles. The van der Waals surface area contributed by atoms with Gasteiger partial charge in [-0.05, 0) is 49.1 Å². The third-order valence-electron chi connectivity index (χ3n) is 4.25. The summed E-state index contributed by atoms with van der Waals surface area (Å²) in [6.45, 7) is 6.06. The second-order valence-corrected chi connectivity index (χ2v) is 6.19. The largest absolute Gasteiger partial charge is 0.324 e. The van der Waals surface area contributed by atoms with Crippen molar-refractivity contribution in [2.45, 2.75) is 27.2 Å². The van der Waals surface area contributed by atoms with Crippen LogP contribution in [0.2, 0.25) is 0 Å². The summed E-state index contributed by atoms with van der Waals surface area (Å²) in [4.78, 5) is 20.9. The van der Waals surface area contributed by atoms with E-state index in [1.165, 1.54) is 18.0 Å². The van der Waals surface area contributed by atoms with Crippen LogP contribution < -0.4 is 10.6 Å². The van der Waals surface area contributed by atoms with Gasteiger partial charge in [0, 0.05) is 23.8 Å². The van der Waals surface area contributed by atoms with Gasteiger partial charge in [-0.1, -0.05) is 37.3 Å². The lowest BCUT2D eigenvalue weighted by atomic mass is 10.1. The zero-order chi connectivity index (χ0) is 18.5. The smallest absolute Gasteiger partial charge is 0.258 e. The lowest BCUT2D eigenvalue weighted by molar-refractivity contribution is 0.102. The van der Waals surface area contributed by atoms with E-state index in [4.69, 9.17) is 0 Å². The first-order valence-corrected chi connectivity index (χ1v) is 8.62. The Morgan fingerprint density at radius 1 is 0.962 bits per heavy atom. The first-order valence-electron chi connectivity index (χ1n) is 8.62. The lowest BCUT2D eigenvalue weighted by Gasteiger charge is -2.11. The summed E-state index contributed by atoms with van der Waals surface area (Å²) in [5, 5.41) is 6.07. The highest BCUT2D eigenvalue weighted by Crippen LogP contribution is 2.20. The van der Waals surface area contributed by atoms with Crippen LogP contribution in [0.5, 0.6) is 0 Å². The Hall–Kier alpha value is -3.21. The summed E-state index contributed by atoms with van der Waals surface area (Å²) in [6.07, 6.45) is 4.05. The third kappa shape index (κ3) is 4.06. The van der Waals surface area contributed by atoms with Crippen LogP contribution in [0, 0.1) is 13.8 Å². The van der Waals surface area contributed by atoms with Gasteiger partial charge in [-0.25, -0.2) is 9.97 Å². The van der Waals surface area contributed by atoms with Gasteiger partial charge in [0.15, 0.2) is 0 Å². The fourth-order valence-corrected chi connectivity index (χ4v) is 2.66. The van der Waals surface area contributed by atoms with Crippen molar-refractivity contribution < 1.29 is 4.79 Å². The zero-order valence-electron chi connectivity index (χ0n) is 15.2. The molecule has 3 aromatic rings. The summed E-state index contributed by atoms with van der Waals surface area (Å²) in [5.74, 6) is 0.235. The standard InChI is InChI=1S/C21H22N4O/c1-4-16-8-10-18(11-9-16)24-21-22-12-17(13-23-21)20(26)25-19-14(2)6-5-7-15(19)3/h5-13H,4H2,1-3H3,(H,25,26)(H,22,23,24). The molecule has 0 radical (unpaired) electrons. The van der Waals surface area contributed by atoms with Crippen molar-refractivity contribution in [1.29, 1.82) is 0 Å². The number of benzene rings is 2. The first-order chi connectivity index (χ1) is 12.6. The molecule has 1 aromatic heterocycles. The monoisotopic (exact) mass is 346 g/mol. The molecule has 0 saturated heterocycles. The molecule has 2 aromatic carbocycles. The van der Waals surface area contributed by atoms with Crippen molar-refractivity contribution >= 4 is 23.2 Å². The summed E-state index contributed by atoms with van der Waals surface area (Å²) in [5.41, 5.74) is 5.47. The average Bonchev–Trinajstić information content (AvgIpc) is 2.66. The van der Waals surface area contributed by atoms with Crippen LogP contribution in [-0.4, -0.2) is 15.9 Å². The number of hydrogen-bond acceptors (Lipinski definition) is 4. The number of aryl methyl sites for hydroxylation is 3. The number of carbonyl (C=O) groups excluding carboxylic acids is 1. The molecular weight excluding hydrogens is 324 g/mol. The van der Waals surface area contributed by atoms with Crippen molar-refractivity contribution in [3.05, 3.63) is 77.1 Å². The Morgan fingerprint density at radius 3 is 2.15 bits per heavy atom. The van der Waals surface area contributed by atoms with Gasteiger partial charge in [0.2, 0.25) is 5.95 Å². The van der Waals surface area contributed by atoms with Crippen LogP contribution in [0.15, 0.2) is 54.9 Å². The van der Waals surface area contributed by atoms with Gasteiger partial charge < -0.3 is 10.6 Å². The summed E-state index contributed by atoms with van der Waals surface area (Å²) in [6, 6.07) is 14.0. The summed E-state index contributed by atoms with van der Waals surface area (Å²) in [7, 11) is 0. The molecule has 1 heterocycles. The molecular formula is C21H22N4O. The molecule has 0 bridgehead atoms. The molecule has 2 N–H and O–H groups in total. The molecule has 0 aliphatic heterocycles. The van der Waals surface area contributed by atoms with Gasteiger partial charge in [-0.3, -0.25) is 4.79 Å². The highest BCUT2D eigenvalue weighted by atomic mass is 16.1. The first kappa shape index (κ1) is 17.6. The number of amides is 1. The molecule has 1 amide bonds. The van der Waals surface area contributed by atoms with Crippen molar-refractivity contribution in [2.24, 2.45) is 0 Å². The van der Waals surface area contributed by atoms with Crippen molar-refractivity contribution in [3.8, 4) is 0 Å². The van der Waals surface area contributed by atoms with Gasteiger partial charge in [0.05, 0.1) is 5.56 Å². The van der Waals surface area contributed by atoms with E-state index in [0.29, 0.717) is 11.5 Å². The lowest BCUT2D eigenvalue weighted by Crippen LogP contribution is -2.14. The molecule has 3 rings (SSSR count). The third-order valence-corrected chi connectivity index (χ3v) is 4.25. The normalized spacial score (nSPS) is 10.4. The molecule has 0 spiro atoms. The quantitative estimate of drug-likeness (QED) is 0.705. The predicted molar refractivity (Wildman–Crippen MR) is 105 cm³/mol. The molecule has 0 unspecified atom stereocenters. The SMILES string of the molecule is CCc1ccc(Nc2ncc(C(=O)Nc3c(C)cccc3C)cn2)cc1. The van der Waals surface area contributed by atoms with Gasteiger partial charge in [-0.15, -0.1) is 0 Å². The number of rotatable bonds is 5. The Kier molecular flexibility index (Phi) is 5.27. The molecule has 0 saturated carbocycles. The molecule has 0 atom stereocenters. The van der Waals surface area contributed by atoms with Crippen LogP contribution in [-0.2, 0) is 6.42 Å². The summed E-state index contributed by atoms with van der Waals surface area (Å²) >= 11 is 0. The van der Waals surface area contributed by atoms with E-state index in [9.17, 15) is 4.79 Å². The van der Waals surface area contributed by atoms with E-state index in [2.05, 4.69) is 39.7 Å². The maximum atomic E-state index is 12.4. The molecule has 5 nitrogen and oxygen atoms in total. The topological polar surface area (TPSA) is 66.9 Å². The Labute approximate surface area is 153 Å². The minimum absolute atomic E-state index is 0.221. The molecule has 132 valence electrons. The number of anilines is 3. The fourth-order valence-electron chi connectivity index (χ4n) is 2.66. The van der Waals surface area contributed by atoms with Crippen LogP contribution in [0.4, 0.5) is 17.3 Å². The van der Waals surface area contributed by atoms with Gasteiger partial charge in [-0.2, -0.15) is 0 Å². The average molecular weight is 346 g/mol. The minimum Gasteiger partial charge on any atom is -0.324 e. The Morgan fingerprint density at radius 2 is 1.58 bits per heavy atom. The van der Waals surface area contributed by atoms with Crippen molar-refractivity contribution in [2.75, 3.05) is 10.6 Å².